The Kier molecular flexibility index (Phi) is 8.57. The van der Waals surface area contributed by atoms with Crippen molar-refractivity contribution in [3.63, 3.8) is 0 Å². The second kappa shape index (κ2) is 12.8. The zero-order valence-electron chi connectivity index (χ0n) is 23.8. The summed E-state index contributed by atoms with van der Waals surface area (Å²) in [5, 5.41) is 22.8. The van der Waals surface area contributed by atoms with Crippen molar-refractivity contribution < 1.29 is 19.0 Å². The lowest BCUT2D eigenvalue weighted by molar-refractivity contribution is 0.255. The zero-order valence-corrected chi connectivity index (χ0v) is 24.5. The predicted molar refractivity (Wildman–Crippen MR) is 164 cm³/mol. The number of aliphatic hydroxyl groups is 1. The maximum atomic E-state index is 9.88. The van der Waals surface area contributed by atoms with Crippen molar-refractivity contribution in [2.24, 2.45) is 0 Å². The number of nitriles is 1. The number of halogens is 1. The van der Waals surface area contributed by atoms with Crippen molar-refractivity contribution in [1.82, 2.24) is 15.3 Å². The third-order valence-electron chi connectivity index (χ3n) is 7.84. The molecule has 0 unspecified atom stereocenters. The van der Waals surface area contributed by atoms with E-state index in [1.54, 1.807) is 24.4 Å². The first-order valence-electron chi connectivity index (χ1n) is 14.3. The largest absolute Gasteiger partial charge is 0.488 e. The summed E-state index contributed by atoms with van der Waals surface area (Å²) in [6.07, 6.45) is 5.20. The Hall–Kier alpha value is -4.42. The Bertz CT molecular complexity index is 1810. The van der Waals surface area contributed by atoms with Crippen LogP contribution in [0.3, 0.4) is 0 Å². The van der Waals surface area contributed by atoms with Gasteiger partial charge in [0.15, 0.2) is 11.5 Å². The SMILES string of the molecule is Cc1c(COc2cc(OCc3cncc(C#N)c3)c(CO)cc2Cl)cccc1-c1ccc2oc(C3CCNCC3)nc2c1. The standard InChI is InChI=1S/C34H31ClN4O4/c1-21-26(3-2-4-28(21)25-5-6-31-30(13-25)39-34(43-31)24-7-9-37-10-8-24)20-42-33-14-32(27(18-40)12-29(33)35)41-19-23-11-22(15-36)16-38-17-23/h2-6,11-14,16-17,24,37,40H,7-10,18-20H2,1H3. The molecule has 0 saturated carbocycles. The summed E-state index contributed by atoms with van der Waals surface area (Å²) in [6.45, 7) is 4.27. The number of pyridine rings is 1. The van der Waals surface area contributed by atoms with Gasteiger partial charge in [-0.05, 0) is 79.4 Å². The van der Waals surface area contributed by atoms with E-state index in [-0.39, 0.29) is 19.8 Å². The van der Waals surface area contributed by atoms with E-state index in [2.05, 4.69) is 41.5 Å². The first-order valence-corrected chi connectivity index (χ1v) is 14.6. The Morgan fingerprint density at radius 3 is 2.67 bits per heavy atom. The van der Waals surface area contributed by atoms with Crippen molar-refractivity contribution in [2.45, 2.75) is 45.5 Å². The smallest absolute Gasteiger partial charge is 0.198 e. The number of hydrogen-bond donors (Lipinski definition) is 2. The molecule has 1 saturated heterocycles. The summed E-state index contributed by atoms with van der Waals surface area (Å²) < 4.78 is 18.3. The van der Waals surface area contributed by atoms with Gasteiger partial charge in [-0.15, -0.1) is 0 Å². The van der Waals surface area contributed by atoms with Gasteiger partial charge in [0.05, 0.1) is 17.2 Å². The van der Waals surface area contributed by atoms with Crippen LogP contribution in [0.25, 0.3) is 22.2 Å². The van der Waals surface area contributed by atoms with Crippen LogP contribution in [-0.4, -0.2) is 28.2 Å². The van der Waals surface area contributed by atoms with Crippen LogP contribution in [-0.2, 0) is 19.8 Å². The van der Waals surface area contributed by atoms with E-state index in [9.17, 15) is 5.11 Å². The average molecular weight is 595 g/mol. The maximum Gasteiger partial charge on any atom is 0.198 e. The van der Waals surface area contributed by atoms with Crippen molar-refractivity contribution >= 4 is 22.7 Å². The van der Waals surface area contributed by atoms with Gasteiger partial charge >= 0.3 is 0 Å². The van der Waals surface area contributed by atoms with Crippen LogP contribution in [0.5, 0.6) is 11.5 Å². The quantitative estimate of drug-likeness (QED) is 0.191. The van der Waals surface area contributed by atoms with E-state index < -0.39 is 0 Å². The molecule has 3 heterocycles. The van der Waals surface area contributed by atoms with Crippen LogP contribution >= 0.6 is 11.6 Å². The number of oxazole rings is 1. The van der Waals surface area contributed by atoms with Gasteiger partial charge < -0.3 is 24.3 Å². The third kappa shape index (κ3) is 6.35. The van der Waals surface area contributed by atoms with Gasteiger partial charge in [0.1, 0.15) is 36.3 Å². The topological polar surface area (TPSA) is 113 Å². The Labute approximate surface area is 254 Å². The highest BCUT2D eigenvalue weighted by Crippen LogP contribution is 2.36. The van der Waals surface area contributed by atoms with Crippen LogP contribution in [0.4, 0.5) is 0 Å². The summed E-state index contributed by atoms with van der Waals surface area (Å²) in [7, 11) is 0. The number of nitrogens with zero attached hydrogens (tertiary/aromatic N) is 3. The van der Waals surface area contributed by atoms with E-state index in [0.29, 0.717) is 33.6 Å². The van der Waals surface area contributed by atoms with Crippen LogP contribution in [0.1, 0.15) is 52.5 Å². The highest BCUT2D eigenvalue weighted by Gasteiger charge is 2.21. The monoisotopic (exact) mass is 594 g/mol. The number of ether oxygens (including phenoxy) is 2. The number of rotatable bonds is 9. The highest BCUT2D eigenvalue weighted by atomic mass is 35.5. The molecule has 1 fully saturated rings. The molecule has 0 amide bonds. The number of aliphatic hydroxyl groups excluding tert-OH is 1. The minimum atomic E-state index is -0.248. The summed E-state index contributed by atoms with van der Waals surface area (Å²) in [6, 6.07) is 19.4. The zero-order chi connectivity index (χ0) is 29.8. The fourth-order valence-electron chi connectivity index (χ4n) is 5.40. The fraction of sp³-hybridized carbons (Fsp3) is 0.265. The molecule has 2 N–H and O–H groups in total. The lowest BCUT2D eigenvalue weighted by Crippen LogP contribution is -2.26. The summed E-state index contributed by atoms with van der Waals surface area (Å²) in [5.41, 5.74) is 7.65. The number of benzene rings is 3. The van der Waals surface area contributed by atoms with Crippen LogP contribution in [0, 0.1) is 18.3 Å². The Morgan fingerprint density at radius 1 is 1.02 bits per heavy atom. The molecule has 0 radical (unpaired) electrons. The Morgan fingerprint density at radius 2 is 1.86 bits per heavy atom. The van der Waals surface area contributed by atoms with E-state index in [1.807, 2.05) is 18.2 Å². The first-order chi connectivity index (χ1) is 21.0. The highest BCUT2D eigenvalue weighted by molar-refractivity contribution is 6.32. The molecule has 1 aliphatic rings. The van der Waals surface area contributed by atoms with Crippen molar-refractivity contribution in [3.05, 3.63) is 106 Å². The predicted octanol–water partition coefficient (Wildman–Crippen LogP) is 6.84. The minimum absolute atomic E-state index is 0.174. The summed E-state index contributed by atoms with van der Waals surface area (Å²) >= 11 is 6.53. The molecular weight excluding hydrogens is 564 g/mol. The van der Waals surface area contributed by atoms with Gasteiger partial charge in [-0.3, -0.25) is 4.98 Å². The van der Waals surface area contributed by atoms with Crippen molar-refractivity contribution in [3.8, 4) is 28.7 Å². The molecule has 0 atom stereocenters. The van der Waals surface area contributed by atoms with Gasteiger partial charge in [0.25, 0.3) is 0 Å². The second-order valence-corrected chi connectivity index (χ2v) is 11.1. The third-order valence-corrected chi connectivity index (χ3v) is 8.13. The molecule has 5 aromatic rings. The van der Waals surface area contributed by atoms with Gasteiger partial charge in [0.2, 0.25) is 0 Å². The molecule has 2 aromatic heterocycles. The molecule has 0 spiro atoms. The molecular formula is C34H31ClN4O4. The number of hydrogen-bond acceptors (Lipinski definition) is 8. The van der Waals surface area contributed by atoms with Gasteiger partial charge in [-0.25, -0.2) is 4.98 Å². The van der Waals surface area contributed by atoms with Gasteiger partial charge in [0, 0.05) is 35.5 Å². The van der Waals surface area contributed by atoms with E-state index in [4.69, 9.17) is 35.7 Å². The molecule has 0 bridgehead atoms. The fourth-order valence-corrected chi connectivity index (χ4v) is 5.64. The molecule has 3 aromatic carbocycles. The number of nitrogens with one attached hydrogen (secondary N) is 1. The van der Waals surface area contributed by atoms with Gasteiger partial charge in [-0.1, -0.05) is 35.9 Å². The minimum Gasteiger partial charge on any atom is -0.488 e. The van der Waals surface area contributed by atoms with E-state index in [1.165, 1.54) is 6.20 Å². The molecule has 6 rings (SSSR count). The number of fused-ring (bicyclic) bond motifs is 1. The molecule has 218 valence electrons. The summed E-state index contributed by atoms with van der Waals surface area (Å²) in [5.74, 6) is 2.07. The maximum absolute atomic E-state index is 9.88. The van der Waals surface area contributed by atoms with E-state index >= 15 is 0 Å². The molecule has 9 heteroatoms. The van der Waals surface area contributed by atoms with Gasteiger partial charge in [-0.2, -0.15) is 5.26 Å². The van der Waals surface area contributed by atoms with Crippen molar-refractivity contribution in [1.29, 1.82) is 5.26 Å². The number of aromatic nitrogens is 2. The summed E-state index contributed by atoms with van der Waals surface area (Å²) in [4.78, 5) is 8.91. The second-order valence-electron chi connectivity index (χ2n) is 10.7. The number of piperidine rings is 1. The lowest BCUT2D eigenvalue weighted by atomic mass is 9.96. The first kappa shape index (κ1) is 28.7. The molecule has 43 heavy (non-hydrogen) atoms. The normalized spacial score (nSPS) is 13.6. The molecule has 1 aliphatic heterocycles. The Balaban J connectivity index is 1.20. The molecule has 0 aliphatic carbocycles. The van der Waals surface area contributed by atoms with Crippen molar-refractivity contribution in [2.75, 3.05) is 13.1 Å². The van der Waals surface area contributed by atoms with Crippen LogP contribution in [0.2, 0.25) is 5.02 Å². The van der Waals surface area contributed by atoms with Crippen LogP contribution in [0.15, 0.2) is 71.4 Å². The molecule has 8 nitrogen and oxygen atoms in total. The van der Waals surface area contributed by atoms with Crippen LogP contribution < -0.4 is 14.8 Å². The average Bonchev–Trinajstić information content (AvgIpc) is 3.48. The lowest BCUT2D eigenvalue weighted by Gasteiger charge is -2.19. The van der Waals surface area contributed by atoms with E-state index in [0.717, 1.165) is 70.7 Å².